The summed E-state index contributed by atoms with van der Waals surface area (Å²) in [5, 5.41) is 3.09. The fourth-order valence-electron chi connectivity index (χ4n) is 4.81. The fraction of sp³-hybridized carbons (Fsp3) is 0.258. The molecule has 0 atom stereocenters. The van der Waals surface area contributed by atoms with Crippen LogP contribution in [0.5, 0.6) is 0 Å². The van der Waals surface area contributed by atoms with Crippen molar-refractivity contribution in [1.29, 1.82) is 0 Å². The van der Waals surface area contributed by atoms with Crippen molar-refractivity contribution in [2.45, 2.75) is 26.7 Å². The molecular formula is C31H33N5O. The first-order valence-corrected chi connectivity index (χ1v) is 12.9. The molecule has 1 N–H and O–H groups in total. The zero-order valence-electron chi connectivity index (χ0n) is 21.5. The summed E-state index contributed by atoms with van der Waals surface area (Å²) < 4.78 is 0. The first-order valence-electron chi connectivity index (χ1n) is 12.9. The Kier molecular flexibility index (Phi) is 7.45. The van der Waals surface area contributed by atoms with Crippen LogP contribution in [0.25, 0.3) is 11.4 Å². The van der Waals surface area contributed by atoms with Gasteiger partial charge in [0.05, 0.1) is 0 Å². The zero-order chi connectivity index (χ0) is 25.6. The molecule has 37 heavy (non-hydrogen) atoms. The minimum Gasteiger partial charge on any atom is -0.354 e. The second-order valence-electron chi connectivity index (χ2n) is 9.54. The lowest BCUT2D eigenvalue weighted by molar-refractivity contribution is 0.215. The van der Waals surface area contributed by atoms with Crippen molar-refractivity contribution >= 4 is 17.5 Å². The van der Waals surface area contributed by atoms with Gasteiger partial charge < -0.3 is 15.1 Å². The van der Waals surface area contributed by atoms with E-state index < -0.39 is 0 Å². The van der Waals surface area contributed by atoms with Gasteiger partial charge in [-0.25, -0.2) is 14.8 Å². The van der Waals surface area contributed by atoms with E-state index in [1.54, 1.807) is 0 Å². The molecule has 1 fully saturated rings. The van der Waals surface area contributed by atoms with Crippen LogP contribution in [0, 0.1) is 13.8 Å². The third-order valence-corrected chi connectivity index (χ3v) is 6.92. The van der Waals surface area contributed by atoms with Gasteiger partial charge in [0.2, 0.25) is 0 Å². The number of hydrogen-bond acceptors (Lipinski definition) is 4. The van der Waals surface area contributed by atoms with Crippen LogP contribution in [-0.4, -0.2) is 47.1 Å². The van der Waals surface area contributed by atoms with Crippen molar-refractivity contribution in [1.82, 2.24) is 14.9 Å². The van der Waals surface area contributed by atoms with Gasteiger partial charge in [0.25, 0.3) is 0 Å². The van der Waals surface area contributed by atoms with E-state index in [1.807, 2.05) is 60.4 Å². The Hall–Kier alpha value is -4.19. The number of hydrogen-bond donors (Lipinski definition) is 1. The molecule has 1 aromatic heterocycles. The fourth-order valence-corrected chi connectivity index (χ4v) is 4.81. The molecule has 4 aromatic rings. The molecule has 0 saturated carbocycles. The SMILES string of the molecule is Cc1ccccc1NC(=O)N1CCCN(c2nc(-c3ccccc3)nc(C)c2Cc2ccccc2)CC1. The summed E-state index contributed by atoms with van der Waals surface area (Å²) in [5.41, 5.74) is 6.29. The van der Waals surface area contributed by atoms with Gasteiger partial charge in [-0.3, -0.25) is 0 Å². The number of nitrogens with one attached hydrogen (secondary N) is 1. The normalized spacial score (nSPS) is 13.8. The molecule has 0 aliphatic carbocycles. The summed E-state index contributed by atoms with van der Waals surface area (Å²) in [5.74, 6) is 1.71. The Balaban J connectivity index is 1.41. The molecule has 3 aromatic carbocycles. The number of anilines is 2. The number of para-hydroxylation sites is 1. The highest BCUT2D eigenvalue weighted by Crippen LogP contribution is 2.28. The summed E-state index contributed by atoms with van der Waals surface area (Å²) in [4.78, 5) is 27.3. The number of carbonyl (C=O) groups is 1. The Bertz CT molecular complexity index is 1360. The summed E-state index contributed by atoms with van der Waals surface area (Å²) in [6.07, 6.45) is 1.64. The Labute approximate surface area is 219 Å². The van der Waals surface area contributed by atoms with E-state index in [0.29, 0.717) is 19.6 Å². The number of nitrogens with zero attached hydrogens (tertiary/aromatic N) is 4. The van der Waals surface area contributed by atoms with Crippen LogP contribution in [-0.2, 0) is 6.42 Å². The van der Waals surface area contributed by atoms with E-state index in [0.717, 1.165) is 59.1 Å². The lowest BCUT2D eigenvalue weighted by atomic mass is 10.0. The number of amides is 2. The molecule has 6 heteroatoms. The predicted octanol–water partition coefficient (Wildman–Crippen LogP) is 6.10. The number of urea groups is 1. The van der Waals surface area contributed by atoms with Crippen LogP contribution in [0.2, 0.25) is 0 Å². The smallest absolute Gasteiger partial charge is 0.321 e. The molecule has 1 saturated heterocycles. The van der Waals surface area contributed by atoms with Crippen molar-refractivity contribution in [3.05, 3.63) is 107 Å². The average Bonchev–Trinajstić information content (AvgIpc) is 3.19. The molecule has 188 valence electrons. The minimum atomic E-state index is -0.0514. The maximum Gasteiger partial charge on any atom is 0.321 e. The van der Waals surface area contributed by atoms with E-state index in [-0.39, 0.29) is 6.03 Å². The molecule has 1 aliphatic rings. The van der Waals surface area contributed by atoms with E-state index in [2.05, 4.69) is 53.5 Å². The first-order chi connectivity index (χ1) is 18.1. The van der Waals surface area contributed by atoms with Crippen LogP contribution in [0.4, 0.5) is 16.3 Å². The van der Waals surface area contributed by atoms with Gasteiger partial charge in [-0.1, -0.05) is 78.9 Å². The van der Waals surface area contributed by atoms with Crippen molar-refractivity contribution in [3.63, 3.8) is 0 Å². The highest BCUT2D eigenvalue weighted by atomic mass is 16.2. The average molecular weight is 492 g/mol. The number of aryl methyl sites for hydroxylation is 2. The van der Waals surface area contributed by atoms with Crippen LogP contribution in [0.3, 0.4) is 0 Å². The van der Waals surface area contributed by atoms with Gasteiger partial charge in [0.15, 0.2) is 5.82 Å². The number of aromatic nitrogens is 2. The van der Waals surface area contributed by atoms with Crippen LogP contribution < -0.4 is 10.2 Å². The van der Waals surface area contributed by atoms with Crippen LogP contribution >= 0.6 is 0 Å². The standard InChI is InChI=1S/C31H33N5O/c1-23-12-9-10-17-28(23)33-31(37)36-19-11-18-35(20-21-36)30-27(22-25-13-5-3-6-14-25)24(2)32-29(34-30)26-15-7-4-8-16-26/h3-10,12-17H,11,18-22H2,1-2H3,(H,33,37). The maximum atomic E-state index is 13.1. The van der Waals surface area contributed by atoms with Gasteiger partial charge in [-0.15, -0.1) is 0 Å². The van der Waals surface area contributed by atoms with Gasteiger partial charge in [0.1, 0.15) is 5.82 Å². The largest absolute Gasteiger partial charge is 0.354 e. The van der Waals surface area contributed by atoms with Crippen molar-refractivity contribution < 1.29 is 4.79 Å². The van der Waals surface area contributed by atoms with E-state index in [9.17, 15) is 4.79 Å². The first kappa shape index (κ1) is 24.5. The highest BCUT2D eigenvalue weighted by molar-refractivity contribution is 5.90. The van der Waals surface area contributed by atoms with Crippen molar-refractivity contribution in [2.24, 2.45) is 0 Å². The molecule has 0 radical (unpaired) electrons. The summed E-state index contributed by atoms with van der Waals surface area (Å²) in [6, 6.07) is 28.4. The molecule has 0 spiro atoms. The molecular weight excluding hydrogens is 458 g/mol. The lowest BCUT2D eigenvalue weighted by Crippen LogP contribution is -2.38. The highest BCUT2D eigenvalue weighted by Gasteiger charge is 2.24. The Morgan fingerprint density at radius 2 is 1.51 bits per heavy atom. The number of rotatable bonds is 5. The molecule has 1 aliphatic heterocycles. The zero-order valence-corrected chi connectivity index (χ0v) is 21.5. The number of benzene rings is 3. The van der Waals surface area contributed by atoms with Crippen molar-refractivity contribution in [2.75, 3.05) is 36.4 Å². The van der Waals surface area contributed by atoms with E-state index >= 15 is 0 Å². The summed E-state index contributed by atoms with van der Waals surface area (Å²) in [6.45, 7) is 6.98. The monoisotopic (exact) mass is 491 g/mol. The minimum absolute atomic E-state index is 0.0514. The van der Waals surface area contributed by atoms with Gasteiger partial charge in [-0.05, 0) is 37.5 Å². The molecule has 0 bridgehead atoms. The third-order valence-electron chi connectivity index (χ3n) is 6.92. The molecule has 6 nitrogen and oxygen atoms in total. The van der Waals surface area contributed by atoms with E-state index in [1.165, 1.54) is 5.56 Å². The molecule has 5 rings (SSSR count). The van der Waals surface area contributed by atoms with Gasteiger partial charge in [0, 0.05) is 55.1 Å². The number of carbonyl (C=O) groups excluding carboxylic acids is 1. The Morgan fingerprint density at radius 3 is 2.27 bits per heavy atom. The van der Waals surface area contributed by atoms with Crippen molar-refractivity contribution in [3.8, 4) is 11.4 Å². The second-order valence-corrected chi connectivity index (χ2v) is 9.54. The maximum absolute atomic E-state index is 13.1. The van der Waals surface area contributed by atoms with Crippen LogP contribution in [0.1, 0.15) is 28.8 Å². The van der Waals surface area contributed by atoms with Gasteiger partial charge in [-0.2, -0.15) is 0 Å². The topological polar surface area (TPSA) is 61.4 Å². The lowest BCUT2D eigenvalue weighted by Gasteiger charge is -2.26. The Morgan fingerprint density at radius 1 is 0.811 bits per heavy atom. The summed E-state index contributed by atoms with van der Waals surface area (Å²) in [7, 11) is 0. The summed E-state index contributed by atoms with van der Waals surface area (Å²) >= 11 is 0. The van der Waals surface area contributed by atoms with Crippen LogP contribution in [0.15, 0.2) is 84.9 Å². The predicted molar refractivity (Wildman–Crippen MR) is 150 cm³/mol. The quantitative estimate of drug-likeness (QED) is 0.367. The third kappa shape index (κ3) is 5.80. The van der Waals surface area contributed by atoms with E-state index in [4.69, 9.17) is 9.97 Å². The molecule has 2 amide bonds. The second kappa shape index (κ2) is 11.2. The van der Waals surface area contributed by atoms with Gasteiger partial charge >= 0.3 is 6.03 Å². The molecule has 0 unspecified atom stereocenters. The molecule has 2 heterocycles.